The van der Waals surface area contributed by atoms with E-state index >= 15 is 0 Å². The Balaban J connectivity index is 2.17. The zero-order valence-electron chi connectivity index (χ0n) is 12.4. The minimum Gasteiger partial charge on any atom is -0.342 e. The summed E-state index contributed by atoms with van der Waals surface area (Å²) in [5.41, 5.74) is 2.48. The van der Waals surface area contributed by atoms with Crippen LogP contribution in [0.2, 0.25) is 0 Å². The second kappa shape index (κ2) is 5.65. The molecule has 1 aliphatic rings. The number of H-pyrrole nitrogens is 1. The minimum absolute atomic E-state index is 0.105. The molecule has 2 aromatic rings. The van der Waals surface area contributed by atoms with E-state index in [2.05, 4.69) is 9.97 Å². The predicted octanol–water partition coefficient (Wildman–Crippen LogP) is 4.59. The molecule has 3 nitrogen and oxygen atoms in total. The summed E-state index contributed by atoms with van der Waals surface area (Å²) in [6.45, 7) is 0. The molecule has 0 saturated heterocycles. The summed E-state index contributed by atoms with van der Waals surface area (Å²) in [5.74, 6) is -0.0522. The van der Waals surface area contributed by atoms with Gasteiger partial charge in [-0.15, -0.1) is 0 Å². The lowest BCUT2D eigenvalue weighted by Crippen LogP contribution is -2.31. The third-order valence-electron chi connectivity index (χ3n) is 4.41. The summed E-state index contributed by atoms with van der Waals surface area (Å²) in [7, 11) is 0. The van der Waals surface area contributed by atoms with Gasteiger partial charge in [-0.25, -0.2) is 4.98 Å². The van der Waals surface area contributed by atoms with Gasteiger partial charge in [0.15, 0.2) is 0 Å². The van der Waals surface area contributed by atoms with Crippen molar-refractivity contribution in [1.29, 1.82) is 0 Å². The van der Waals surface area contributed by atoms with E-state index in [0.717, 1.165) is 12.8 Å². The van der Waals surface area contributed by atoms with Crippen molar-refractivity contribution in [3.8, 4) is 0 Å². The number of hydrogen-bond acceptors (Lipinski definition) is 2. The number of hydrogen-bond donors (Lipinski definition) is 2. The van der Waals surface area contributed by atoms with Crippen LogP contribution in [0.4, 0.5) is 26.3 Å². The number of nitrogens with two attached hydrogens (primary N) is 1. The molecular formula is C15H15F6N3. The van der Waals surface area contributed by atoms with Crippen LogP contribution in [0.3, 0.4) is 0 Å². The normalized spacial score (nSPS) is 23.0. The highest BCUT2D eigenvalue weighted by Crippen LogP contribution is 2.40. The molecule has 1 heterocycles. The molecule has 0 unspecified atom stereocenters. The summed E-state index contributed by atoms with van der Waals surface area (Å²) in [6.07, 6.45) is -6.67. The van der Waals surface area contributed by atoms with Gasteiger partial charge in [-0.05, 0) is 25.0 Å². The second-order valence-electron chi connectivity index (χ2n) is 6.09. The van der Waals surface area contributed by atoms with E-state index in [0.29, 0.717) is 18.9 Å². The number of benzene rings is 1. The van der Waals surface area contributed by atoms with E-state index in [1.165, 1.54) is 0 Å². The predicted molar refractivity (Wildman–Crippen MR) is 75.3 cm³/mol. The van der Waals surface area contributed by atoms with Crippen molar-refractivity contribution in [3.05, 3.63) is 29.1 Å². The van der Waals surface area contributed by atoms with Crippen molar-refractivity contribution in [2.45, 2.75) is 50.0 Å². The maximum absolute atomic E-state index is 13.2. The fraction of sp³-hybridized carbons (Fsp3) is 0.533. The molecule has 2 atom stereocenters. The van der Waals surface area contributed by atoms with Crippen LogP contribution in [0.1, 0.15) is 48.6 Å². The molecule has 0 aliphatic heterocycles. The molecule has 1 aliphatic carbocycles. The summed E-state index contributed by atoms with van der Waals surface area (Å²) < 4.78 is 78.2. The highest BCUT2D eigenvalue weighted by molar-refractivity contribution is 5.80. The van der Waals surface area contributed by atoms with Crippen molar-refractivity contribution in [3.63, 3.8) is 0 Å². The Bertz CT molecular complexity index is 746. The van der Waals surface area contributed by atoms with Crippen LogP contribution in [-0.2, 0) is 12.4 Å². The lowest BCUT2D eigenvalue weighted by molar-refractivity contribution is -0.142. The number of imidazole rings is 1. The smallest absolute Gasteiger partial charge is 0.342 e. The molecule has 132 valence electrons. The number of aromatic nitrogens is 2. The van der Waals surface area contributed by atoms with Gasteiger partial charge in [-0.1, -0.05) is 12.8 Å². The van der Waals surface area contributed by atoms with E-state index in [1.807, 2.05) is 0 Å². The number of nitrogens with zero attached hydrogens (tertiary/aromatic N) is 1. The third kappa shape index (κ3) is 3.09. The van der Waals surface area contributed by atoms with Crippen molar-refractivity contribution in [1.82, 2.24) is 9.97 Å². The number of nitrogens with one attached hydrogen (secondary N) is 1. The lowest BCUT2D eigenvalue weighted by Gasteiger charge is -2.26. The largest absolute Gasteiger partial charge is 0.418 e. The van der Waals surface area contributed by atoms with Crippen LogP contribution in [0.15, 0.2) is 12.1 Å². The molecule has 0 spiro atoms. The molecule has 0 radical (unpaired) electrons. The van der Waals surface area contributed by atoms with Gasteiger partial charge in [0.1, 0.15) is 11.3 Å². The van der Waals surface area contributed by atoms with Crippen LogP contribution in [0.5, 0.6) is 0 Å². The van der Waals surface area contributed by atoms with E-state index < -0.39 is 29.0 Å². The SMILES string of the molecule is N[C@@H]1CCCC[C@@H]1c1nc2c(C(F)(F)F)cc(C(F)(F)F)cc2[nH]1. The lowest BCUT2D eigenvalue weighted by atomic mass is 9.84. The summed E-state index contributed by atoms with van der Waals surface area (Å²) in [4.78, 5) is 6.58. The fourth-order valence-corrected chi connectivity index (χ4v) is 3.19. The topological polar surface area (TPSA) is 54.7 Å². The monoisotopic (exact) mass is 351 g/mol. The molecule has 1 fully saturated rings. The first kappa shape index (κ1) is 17.1. The maximum Gasteiger partial charge on any atom is 0.418 e. The quantitative estimate of drug-likeness (QED) is 0.739. The Morgan fingerprint density at radius 3 is 2.25 bits per heavy atom. The molecule has 1 aromatic heterocycles. The highest BCUT2D eigenvalue weighted by Gasteiger charge is 2.39. The van der Waals surface area contributed by atoms with Gasteiger partial charge in [-0.3, -0.25) is 0 Å². The van der Waals surface area contributed by atoms with Crippen LogP contribution in [0.25, 0.3) is 11.0 Å². The molecule has 0 amide bonds. The Morgan fingerprint density at radius 2 is 1.67 bits per heavy atom. The van der Waals surface area contributed by atoms with Crippen molar-refractivity contribution in [2.75, 3.05) is 0 Å². The second-order valence-corrected chi connectivity index (χ2v) is 6.09. The zero-order chi connectivity index (χ0) is 17.7. The van der Waals surface area contributed by atoms with Crippen molar-refractivity contribution < 1.29 is 26.3 Å². The molecular weight excluding hydrogens is 336 g/mol. The number of alkyl halides is 6. The molecule has 24 heavy (non-hydrogen) atoms. The average molecular weight is 351 g/mol. The Morgan fingerprint density at radius 1 is 1.00 bits per heavy atom. The number of halogens is 6. The van der Waals surface area contributed by atoms with Gasteiger partial charge in [0.05, 0.1) is 16.6 Å². The van der Waals surface area contributed by atoms with Gasteiger partial charge in [0, 0.05) is 12.0 Å². The Kier molecular flexibility index (Phi) is 4.01. The molecule has 3 N–H and O–H groups in total. The van der Waals surface area contributed by atoms with Crippen LogP contribution in [-0.4, -0.2) is 16.0 Å². The van der Waals surface area contributed by atoms with E-state index in [1.54, 1.807) is 0 Å². The fourth-order valence-electron chi connectivity index (χ4n) is 3.19. The van der Waals surface area contributed by atoms with Gasteiger partial charge < -0.3 is 10.7 Å². The van der Waals surface area contributed by atoms with Gasteiger partial charge in [0.2, 0.25) is 0 Å². The van der Waals surface area contributed by atoms with Crippen molar-refractivity contribution >= 4 is 11.0 Å². The van der Waals surface area contributed by atoms with E-state index in [4.69, 9.17) is 5.73 Å². The summed E-state index contributed by atoms with van der Waals surface area (Å²) in [5, 5.41) is 0. The highest BCUT2D eigenvalue weighted by atomic mass is 19.4. The minimum atomic E-state index is -4.93. The first-order valence-corrected chi connectivity index (χ1v) is 7.51. The van der Waals surface area contributed by atoms with E-state index in [-0.39, 0.29) is 29.4 Å². The first-order valence-electron chi connectivity index (χ1n) is 7.51. The Hall–Kier alpha value is -1.77. The van der Waals surface area contributed by atoms with Crippen LogP contribution < -0.4 is 5.73 Å². The average Bonchev–Trinajstić information content (AvgIpc) is 2.88. The van der Waals surface area contributed by atoms with Gasteiger partial charge in [-0.2, -0.15) is 26.3 Å². The van der Waals surface area contributed by atoms with Crippen molar-refractivity contribution in [2.24, 2.45) is 5.73 Å². The summed E-state index contributed by atoms with van der Waals surface area (Å²) in [6, 6.07) is 0.499. The summed E-state index contributed by atoms with van der Waals surface area (Å²) >= 11 is 0. The number of rotatable bonds is 1. The van der Waals surface area contributed by atoms with Crippen LogP contribution >= 0.6 is 0 Å². The number of fused-ring (bicyclic) bond motifs is 1. The zero-order valence-corrected chi connectivity index (χ0v) is 12.4. The first-order chi connectivity index (χ1) is 11.1. The standard InChI is InChI=1S/C15H15F6N3/c16-14(17,18)7-5-9(15(19,20)21)12-11(6-7)23-13(24-12)8-3-1-2-4-10(8)22/h5-6,8,10H,1-4,22H2,(H,23,24)/t8-,10+/m0/s1. The molecule has 1 aromatic carbocycles. The van der Waals surface area contributed by atoms with E-state index in [9.17, 15) is 26.3 Å². The molecule has 9 heteroatoms. The van der Waals surface area contributed by atoms with Crippen LogP contribution in [0, 0.1) is 0 Å². The maximum atomic E-state index is 13.2. The van der Waals surface area contributed by atoms with Gasteiger partial charge in [0.25, 0.3) is 0 Å². The third-order valence-corrected chi connectivity index (χ3v) is 4.41. The molecule has 0 bridgehead atoms. The Labute approximate surface area is 133 Å². The number of aromatic amines is 1. The molecule has 1 saturated carbocycles. The molecule has 3 rings (SSSR count). The van der Waals surface area contributed by atoms with Gasteiger partial charge >= 0.3 is 12.4 Å².